The molecule has 8 heteroatoms. The molecule has 0 saturated carbocycles. The molecule has 76 valence electrons. The fourth-order valence-electron chi connectivity index (χ4n) is 1.07. The zero-order valence-electron chi connectivity index (χ0n) is 7.39. The van der Waals surface area contributed by atoms with Gasteiger partial charge in [0, 0.05) is 0 Å². The second-order valence-electron chi connectivity index (χ2n) is 2.58. The molecule has 2 rings (SSSR count). The van der Waals surface area contributed by atoms with Crippen LogP contribution in [0.15, 0.2) is 16.1 Å². The number of nitrogens with zero attached hydrogens (tertiary/aromatic N) is 3. The molecule has 0 aliphatic rings. The zero-order valence-corrected chi connectivity index (χ0v) is 7.39. The van der Waals surface area contributed by atoms with Gasteiger partial charge in [-0.2, -0.15) is 15.2 Å². The molecule has 8 nitrogen and oxygen atoms in total. The van der Waals surface area contributed by atoms with Gasteiger partial charge in [0.15, 0.2) is 12.1 Å². The Morgan fingerprint density at radius 3 is 3.20 bits per heavy atom. The Morgan fingerprint density at radius 2 is 2.40 bits per heavy atom. The second-order valence-corrected chi connectivity index (χ2v) is 2.58. The van der Waals surface area contributed by atoms with Gasteiger partial charge in [0.1, 0.15) is 5.65 Å². The fraction of sp³-hybridized carbons (Fsp3) is 0. The number of hydrogen-bond acceptors (Lipinski definition) is 6. The molecule has 0 unspecified atom stereocenters. The topological polar surface area (TPSA) is 116 Å². The molecule has 0 fully saturated rings. The maximum Gasteiger partial charge on any atom is 0.348 e. The summed E-state index contributed by atoms with van der Waals surface area (Å²) in [5, 5.41) is 10.4. The standard InChI is InChI=1S/C7H6N6O2/c14-2-1-8-12-5-4-3-9-13-6(4)11-7(15)10-5/h1-3H,(H3,9,10,11,12,13,15)/b8-1+. The predicted molar refractivity (Wildman–Crippen MR) is 52.7 cm³/mol. The summed E-state index contributed by atoms with van der Waals surface area (Å²) in [5.74, 6) is 0.237. The normalized spacial score (nSPS) is 10.9. The smallest absolute Gasteiger partial charge is 0.297 e. The van der Waals surface area contributed by atoms with Crippen molar-refractivity contribution in [2.75, 3.05) is 5.43 Å². The van der Waals surface area contributed by atoms with Gasteiger partial charge in [-0.1, -0.05) is 0 Å². The van der Waals surface area contributed by atoms with Crippen molar-refractivity contribution in [1.82, 2.24) is 20.2 Å². The van der Waals surface area contributed by atoms with Gasteiger partial charge in [-0.3, -0.25) is 20.3 Å². The van der Waals surface area contributed by atoms with Crippen molar-refractivity contribution >= 4 is 29.4 Å². The summed E-state index contributed by atoms with van der Waals surface area (Å²) in [5.41, 5.74) is 2.37. The molecule has 0 aliphatic carbocycles. The van der Waals surface area contributed by atoms with E-state index < -0.39 is 5.69 Å². The largest absolute Gasteiger partial charge is 0.348 e. The first-order valence-electron chi connectivity index (χ1n) is 3.97. The Hall–Kier alpha value is -2.51. The lowest BCUT2D eigenvalue weighted by Crippen LogP contribution is -2.12. The van der Waals surface area contributed by atoms with E-state index in [1.165, 1.54) is 6.20 Å². The maximum atomic E-state index is 11.1. The van der Waals surface area contributed by atoms with Crippen molar-refractivity contribution in [1.29, 1.82) is 0 Å². The molecule has 2 heterocycles. The number of aromatic nitrogens is 4. The van der Waals surface area contributed by atoms with Crippen molar-refractivity contribution in [3.63, 3.8) is 0 Å². The van der Waals surface area contributed by atoms with Crippen molar-refractivity contribution in [2.45, 2.75) is 0 Å². The lowest BCUT2D eigenvalue weighted by atomic mass is 10.4. The maximum absolute atomic E-state index is 11.1. The summed E-state index contributed by atoms with van der Waals surface area (Å²) in [6.45, 7) is 0. The van der Waals surface area contributed by atoms with Crippen LogP contribution in [0.2, 0.25) is 0 Å². The van der Waals surface area contributed by atoms with Crippen LogP contribution in [0.5, 0.6) is 0 Å². The number of hydrazone groups is 1. The number of hydrogen-bond donors (Lipinski definition) is 3. The highest BCUT2D eigenvalue weighted by Crippen LogP contribution is 2.13. The summed E-state index contributed by atoms with van der Waals surface area (Å²) in [6.07, 6.45) is 3.00. The second kappa shape index (κ2) is 3.70. The minimum Gasteiger partial charge on any atom is -0.297 e. The lowest BCUT2D eigenvalue weighted by molar-refractivity contribution is -0.102. The molecule has 2 aromatic rings. The first-order valence-corrected chi connectivity index (χ1v) is 3.97. The van der Waals surface area contributed by atoms with E-state index in [1.54, 1.807) is 0 Å². The summed E-state index contributed by atoms with van der Waals surface area (Å²) >= 11 is 0. The molecule has 0 aliphatic heterocycles. The van der Waals surface area contributed by atoms with E-state index in [9.17, 15) is 9.59 Å². The first kappa shape index (κ1) is 9.06. The van der Waals surface area contributed by atoms with Gasteiger partial charge in [-0.25, -0.2) is 4.79 Å². The van der Waals surface area contributed by atoms with Gasteiger partial charge in [0.25, 0.3) is 0 Å². The Morgan fingerprint density at radius 1 is 1.53 bits per heavy atom. The van der Waals surface area contributed by atoms with Crippen LogP contribution in [0.3, 0.4) is 0 Å². The van der Waals surface area contributed by atoms with Crippen molar-refractivity contribution in [3.8, 4) is 0 Å². The Labute approximate surface area is 82.4 Å². The highest BCUT2D eigenvalue weighted by molar-refractivity contribution is 6.13. The summed E-state index contributed by atoms with van der Waals surface area (Å²) in [4.78, 5) is 27.1. The van der Waals surface area contributed by atoms with Crippen molar-refractivity contribution in [2.24, 2.45) is 5.10 Å². The number of rotatable bonds is 3. The van der Waals surface area contributed by atoms with Gasteiger partial charge in [-0.15, -0.1) is 0 Å². The van der Waals surface area contributed by atoms with E-state index in [2.05, 4.69) is 30.7 Å². The number of carbonyl (C=O) groups is 1. The van der Waals surface area contributed by atoms with E-state index >= 15 is 0 Å². The van der Waals surface area contributed by atoms with Crippen LogP contribution >= 0.6 is 0 Å². The van der Waals surface area contributed by atoms with Crippen LogP contribution in [-0.2, 0) is 4.79 Å². The first-order chi connectivity index (χ1) is 7.31. The third-order valence-corrected chi connectivity index (χ3v) is 1.65. The van der Waals surface area contributed by atoms with Gasteiger partial charge in [0.2, 0.25) is 0 Å². The van der Waals surface area contributed by atoms with Gasteiger partial charge in [-0.05, 0) is 0 Å². The third-order valence-electron chi connectivity index (χ3n) is 1.65. The van der Waals surface area contributed by atoms with E-state index in [4.69, 9.17) is 0 Å². The van der Waals surface area contributed by atoms with Crippen LogP contribution < -0.4 is 11.1 Å². The van der Waals surface area contributed by atoms with Crippen molar-refractivity contribution < 1.29 is 4.79 Å². The highest BCUT2D eigenvalue weighted by Gasteiger charge is 2.04. The monoisotopic (exact) mass is 206 g/mol. The number of H-pyrrole nitrogens is 2. The molecule has 0 radical (unpaired) electrons. The average Bonchev–Trinajstić information content (AvgIpc) is 2.65. The van der Waals surface area contributed by atoms with Gasteiger partial charge in [0.05, 0.1) is 17.8 Å². The van der Waals surface area contributed by atoms with E-state index in [0.29, 0.717) is 17.3 Å². The average molecular weight is 206 g/mol. The minimum absolute atomic E-state index is 0.237. The summed E-state index contributed by atoms with van der Waals surface area (Å²) < 4.78 is 0. The zero-order chi connectivity index (χ0) is 10.7. The van der Waals surface area contributed by atoms with Crippen LogP contribution in [-0.4, -0.2) is 32.7 Å². The van der Waals surface area contributed by atoms with Crippen molar-refractivity contribution in [3.05, 3.63) is 16.7 Å². The van der Waals surface area contributed by atoms with Crippen LogP contribution in [0.4, 0.5) is 5.82 Å². The number of aldehydes is 1. The third kappa shape index (κ3) is 1.73. The van der Waals surface area contributed by atoms with E-state index in [-0.39, 0.29) is 5.82 Å². The number of carbonyl (C=O) groups excluding carboxylic acids is 1. The molecule has 0 aromatic carbocycles. The Kier molecular flexibility index (Phi) is 2.23. The molecular formula is C7H6N6O2. The summed E-state index contributed by atoms with van der Waals surface area (Å²) in [6, 6.07) is 0. The molecular weight excluding hydrogens is 200 g/mol. The van der Waals surface area contributed by atoms with Gasteiger partial charge < -0.3 is 0 Å². The highest BCUT2D eigenvalue weighted by atomic mass is 16.1. The van der Waals surface area contributed by atoms with E-state index in [1.807, 2.05) is 0 Å². The lowest BCUT2D eigenvalue weighted by Gasteiger charge is -1.97. The number of aromatic amines is 2. The van der Waals surface area contributed by atoms with Crippen LogP contribution in [0.25, 0.3) is 11.0 Å². The SMILES string of the molecule is O=C/C=N/Nc1nc(=O)[nH]c2[nH]ncc12. The molecule has 2 aromatic heterocycles. The quantitative estimate of drug-likeness (QED) is 0.347. The molecule has 15 heavy (non-hydrogen) atoms. The molecule has 0 atom stereocenters. The Bertz CT molecular complexity index is 568. The number of anilines is 1. The Balaban J connectivity index is 2.48. The fourth-order valence-corrected chi connectivity index (χ4v) is 1.07. The molecule has 3 N–H and O–H groups in total. The number of fused-ring (bicyclic) bond motifs is 1. The molecule has 0 amide bonds. The minimum atomic E-state index is -0.532. The van der Waals surface area contributed by atoms with E-state index in [0.717, 1.165) is 6.21 Å². The molecule has 0 saturated heterocycles. The molecule has 0 bridgehead atoms. The summed E-state index contributed by atoms with van der Waals surface area (Å²) in [7, 11) is 0. The predicted octanol–water partition coefficient (Wildman–Crippen LogP) is -0.757. The number of nitrogens with one attached hydrogen (secondary N) is 3. The molecule has 0 spiro atoms. The van der Waals surface area contributed by atoms with Crippen LogP contribution in [0.1, 0.15) is 0 Å². The van der Waals surface area contributed by atoms with Crippen LogP contribution in [0, 0.1) is 0 Å². The van der Waals surface area contributed by atoms with Gasteiger partial charge >= 0.3 is 5.69 Å².